The van der Waals surface area contributed by atoms with Gasteiger partial charge in [0.1, 0.15) is 5.82 Å². The van der Waals surface area contributed by atoms with E-state index in [0.717, 1.165) is 31.7 Å². The average Bonchev–Trinajstić information content (AvgIpc) is 2.36. The summed E-state index contributed by atoms with van der Waals surface area (Å²) < 4.78 is 0. The number of aromatic nitrogens is 3. The first-order chi connectivity index (χ1) is 8.36. The monoisotopic (exact) mass is 237 g/mol. The summed E-state index contributed by atoms with van der Waals surface area (Å²) in [6.45, 7) is 6.20. The first-order valence-corrected chi connectivity index (χ1v) is 6.54. The van der Waals surface area contributed by atoms with Gasteiger partial charge in [-0.1, -0.05) is 33.1 Å². The minimum absolute atomic E-state index is 0.610. The van der Waals surface area contributed by atoms with E-state index >= 15 is 0 Å². The number of hydrogen-bond donors (Lipinski definition) is 2. The molecule has 96 valence electrons. The van der Waals surface area contributed by atoms with Crippen LogP contribution in [0.3, 0.4) is 0 Å². The average molecular weight is 237 g/mol. The third kappa shape index (κ3) is 6.04. The van der Waals surface area contributed by atoms with Gasteiger partial charge in [0.15, 0.2) is 0 Å². The van der Waals surface area contributed by atoms with Crippen LogP contribution in [-0.4, -0.2) is 28.3 Å². The summed E-state index contributed by atoms with van der Waals surface area (Å²) in [5.41, 5.74) is 0. The van der Waals surface area contributed by atoms with Crippen molar-refractivity contribution < 1.29 is 0 Å². The Morgan fingerprint density at radius 1 is 1.00 bits per heavy atom. The van der Waals surface area contributed by atoms with Gasteiger partial charge in [0.25, 0.3) is 0 Å². The lowest BCUT2D eigenvalue weighted by Gasteiger charge is -2.06. The highest BCUT2D eigenvalue weighted by atomic mass is 15.3. The van der Waals surface area contributed by atoms with Gasteiger partial charge in [-0.15, -0.1) is 5.10 Å². The maximum absolute atomic E-state index is 4.35. The molecule has 1 aromatic heterocycles. The smallest absolute Gasteiger partial charge is 0.244 e. The lowest BCUT2D eigenvalue weighted by molar-refractivity contribution is 0.741. The van der Waals surface area contributed by atoms with Crippen molar-refractivity contribution in [3.05, 3.63) is 6.20 Å². The Kier molecular flexibility index (Phi) is 7.02. The zero-order valence-corrected chi connectivity index (χ0v) is 10.9. The molecule has 0 aliphatic rings. The van der Waals surface area contributed by atoms with Gasteiger partial charge in [0.05, 0.1) is 6.20 Å². The predicted molar refractivity (Wildman–Crippen MR) is 71.2 cm³/mol. The maximum atomic E-state index is 4.35. The van der Waals surface area contributed by atoms with Crippen LogP contribution in [0.4, 0.5) is 11.8 Å². The van der Waals surface area contributed by atoms with Crippen LogP contribution in [0, 0.1) is 0 Å². The molecule has 1 aromatic rings. The van der Waals surface area contributed by atoms with Gasteiger partial charge in [0, 0.05) is 13.1 Å². The van der Waals surface area contributed by atoms with Gasteiger partial charge < -0.3 is 10.6 Å². The van der Waals surface area contributed by atoms with Crippen LogP contribution >= 0.6 is 0 Å². The summed E-state index contributed by atoms with van der Waals surface area (Å²) in [4.78, 5) is 4.35. The van der Waals surface area contributed by atoms with Crippen LogP contribution in [0.1, 0.15) is 46.0 Å². The highest BCUT2D eigenvalue weighted by molar-refractivity contribution is 5.36. The van der Waals surface area contributed by atoms with Crippen LogP contribution in [0.5, 0.6) is 0 Å². The molecule has 0 fully saturated rings. The molecule has 0 radical (unpaired) electrons. The Morgan fingerprint density at radius 3 is 2.53 bits per heavy atom. The Balaban J connectivity index is 2.31. The van der Waals surface area contributed by atoms with E-state index in [4.69, 9.17) is 0 Å². The Labute approximate surface area is 103 Å². The Bertz CT molecular complexity index is 303. The van der Waals surface area contributed by atoms with Crippen LogP contribution in [0.25, 0.3) is 0 Å². The van der Waals surface area contributed by atoms with Crippen molar-refractivity contribution in [2.75, 3.05) is 23.7 Å². The van der Waals surface area contributed by atoms with Crippen molar-refractivity contribution in [2.24, 2.45) is 0 Å². The van der Waals surface area contributed by atoms with Crippen molar-refractivity contribution in [1.82, 2.24) is 15.2 Å². The molecular formula is C12H23N5. The molecule has 0 spiro atoms. The second-order valence-corrected chi connectivity index (χ2v) is 4.08. The van der Waals surface area contributed by atoms with Crippen molar-refractivity contribution in [3.63, 3.8) is 0 Å². The quantitative estimate of drug-likeness (QED) is 0.646. The largest absolute Gasteiger partial charge is 0.369 e. The highest BCUT2D eigenvalue weighted by Crippen LogP contribution is 2.04. The van der Waals surface area contributed by atoms with E-state index in [0.29, 0.717) is 5.95 Å². The van der Waals surface area contributed by atoms with E-state index in [1.807, 2.05) is 0 Å². The molecule has 2 N–H and O–H groups in total. The van der Waals surface area contributed by atoms with Crippen LogP contribution in [-0.2, 0) is 0 Å². The topological polar surface area (TPSA) is 62.7 Å². The fraction of sp³-hybridized carbons (Fsp3) is 0.750. The molecule has 5 nitrogen and oxygen atoms in total. The van der Waals surface area contributed by atoms with Crippen molar-refractivity contribution in [2.45, 2.75) is 46.0 Å². The normalized spacial score (nSPS) is 10.2. The molecule has 1 rings (SSSR count). The number of nitrogens with one attached hydrogen (secondary N) is 2. The van der Waals surface area contributed by atoms with Gasteiger partial charge in [-0.2, -0.15) is 10.1 Å². The summed E-state index contributed by atoms with van der Waals surface area (Å²) in [7, 11) is 0. The maximum Gasteiger partial charge on any atom is 0.244 e. The van der Waals surface area contributed by atoms with Crippen LogP contribution < -0.4 is 10.6 Å². The number of nitrogens with zero attached hydrogens (tertiary/aromatic N) is 3. The van der Waals surface area contributed by atoms with E-state index in [1.54, 1.807) is 6.20 Å². The summed E-state index contributed by atoms with van der Waals surface area (Å²) >= 11 is 0. The number of anilines is 2. The van der Waals surface area contributed by atoms with E-state index in [9.17, 15) is 0 Å². The predicted octanol–water partition coefficient (Wildman–Crippen LogP) is 2.69. The molecule has 0 aliphatic heterocycles. The lowest BCUT2D eigenvalue weighted by atomic mass is 10.2. The molecule has 1 heterocycles. The van der Waals surface area contributed by atoms with E-state index in [-0.39, 0.29) is 0 Å². The molecule has 5 heteroatoms. The molecular weight excluding hydrogens is 214 g/mol. The molecule has 0 amide bonds. The fourth-order valence-electron chi connectivity index (χ4n) is 1.43. The molecule has 0 saturated carbocycles. The third-order valence-electron chi connectivity index (χ3n) is 2.46. The minimum Gasteiger partial charge on any atom is -0.369 e. The van der Waals surface area contributed by atoms with Gasteiger partial charge in [-0.3, -0.25) is 0 Å². The summed E-state index contributed by atoms with van der Waals surface area (Å²) in [5, 5.41) is 14.3. The molecule has 0 saturated heterocycles. The summed E-state index contributed by atoms with van der Waals surface area (Å²) in [6, 6.07) is 0. The highest BCUT2D eigenvalue weighted by Gasteiger charge is 1.98. The molecule has 0 unspecified atom stereocenters. The van der Waals surface area contributed by atoms with E-state index in [1.165, 1.54) is 19.3 Å². The van der Waals surface area contributed by atoms with E-state index in [2.05, 4.69) is 39.7 Å². The summed E-state index contributed by atoms with van der Waals surface area (Å²) in [5.74, 6) is 1.41. The fourth-order valence-corrected chi connectivity index (χ4v) is 1.43. The number of hydrogen-bond acceptors (Lipinski definition) is 5. The second-order valence-electron chi connectivity index (χ2n) is 4.08. The molecule has 17 heavy (non-hydrogen) atoms. The van der Waals surface area contributed by atoms with Gasteiger partial charge >= 0.3 is 0 Å². The molecule has 0 aliphatic carbocycles. The van der Waals surface area contributed by atoms with Crippen LogP contribution in [0.15, 0.2) is 6.20 Å². The number of unbranched alkanes of at least 4 members (excludes halogenated alkanes) is 3. The standard InChI is InChI=1S/C12H23N5/c1-3-5-7-9-13-11-10-15-17-12(16-11)14-8-6-4-2/h10H,3-9H2,1-2H3,(H2,13,14,16,17). The SMILES string of the molecule is CCCCCNc1cnnc(NCCCC)n1. The summed E-state index contributed by atoms with van der Waals surface area (Å²) in [6.07, 6.45) is 7.59. The lowest BCUT2D eigenvalue weighted by Crippen LogP contribution is -2.09. The molecule has 0 bridgehead atoms. The van der Waals surface area contributed by atoms with Crippen molar-refractivity contribution >= 4 is 11.8 Å². The first-order valence-electron chi connectivity index (χ1n) is 6.54. The van der Waals surface area contributed by atoms with E-state index < -0.39 is 0 Å². The van der Waals surface area contributed by atoms with Gasteiger partial charge in [-0.25, -0.2) is 0 Å². The first kappa shape index (κ1) is 13.7. The Morgan fingerprint density at radius 2 is 1.76 bits per heavy atom. The number of rotatable bonds is 9. The van der Waals surface area contributed by atoms with Crippen molar-refractivity contribution in [1.29, 1.82) is 0 Å². The third-order valence-corrected chi connectivity index (χ3v) is 2.46. The second kappa shape index (κ2) is 8.73. The van der Waals surface area contributed by atoms with Gasteiger partial charge in [-0.05, 0) is 12.8 Å². The minimum atomic E-state index is 0.610. The zero-order chi connectivity index (χ0) is 12.3. The Hall–Kier alpha value is -1.39. The molecule has 0 atom stereocenters. The molecule has 0 aromatic carbocycles. The van der Waals surface area contributed by atoms with Crippen molar-refractivity contribution in [3.8, 4) is 0 Å². The van der Waals surface area contributed by atoms with Gasteiger partial charge in [0.2, 0.25) is 5.95 Å². The zero-order valence-electron chi connectivity index (χ0n) is 10.9. The van der Waals surface area contributed by atoms with Crippen LogP contribution in [0.2, 0.25) is 0 Å².